The summed E-state index contributed by atoms with van der Waals surface area (Å²) in [6, 6.07) is 15.5. The van der Waals surface area contributed by atoms with Gasteiger partial charge in [0.15, 0.2) is 0 Å². The van der Waals surface area contributed by atoms with Gasteiger partial charge < -0.3 is 134 Å². The maximum Gasteiger partial charge on any atom is 0.408 e. The third-order valence-corrected chi connectivity index (χ3v) is 14.7. The predicted molar refractivity (Wildman–Crippen MR) is 396 cm³/mol. The second kappa shape index (κ2) is 73.3. The summed E-state index contributed by atoms with van der Waals surface area (Å²) in [7, 11) is 0. The van der Waals surface area contributed by atoms with Crippen molar-refractivity contribution < 1.29 is 133 Å². The maximum absolute atomic E-state index is 13.1. The van der Waals surface area contributed by atoms with Crippen LogP contribution in [0.1, 0.15) is 57.1 Å². The van der Waals surface area contributed by atoms with Crippen molar-refractivity contribution in [1.29, 1.82) is 0 Å². The molecule has 0 aromatic heterocycles. The summed E-state index contributed by atoms with van der Waals surface area (Å²) in [6.07, 6.45) is 0.237. The smallest absolute Gasteiger partial charge is 0.408 e. The fourth-order valence-corrected chi connectivity index (χ4v) is 9.49. The molecule has 0 spiro atoms. The van der Waals surface area contributed by atoms with Crippen molar-refractivity contribution in [2.75, 3.05) is 330 Å². The summed E-state index contributed by atoms with van der Waals surface area (Å²) in [4.78, 5) is 41.1. The predicted octanol–water partition coefficient (Wildman–Crippen LogP) is 5.40. The van der Waals surface area contributed by atoms with E-state index in [0.717, 1.165) is 22.3 Å². The fourth-order valence-electron chi connectivity index (χ4n) is 9.49. The summed E-state index contributed by atoms with van der Waals surface area (Å²) in [5.74, 6) is -0.399. The first-order valence-electron chi connectivity index (χ1n) is 37.8. The average molecular weight is 1550 g/mol. The molecule has 34 nitrogen and oxygen atoms in total. The molecule has 2 aromatic rings. The van der Waals surface area contributed by atoms with Gasteiger partial charge in [0.2, 0.25) is 5.91 Å². The highest BCUT2D eigenvalue weighted by atomic mass is 16.6. The van der Waals surface area contributed by atoms with Gasteiger partial charge in [-0.2, -0.15) is 0 Å². The van der Waals surface area contributed by atoms with Crippen molar-refractivity contribution in [3.63, 3.8) is 0 Å². The van der Waals surface area contributed by atoms with Gasteiger partial charge in [0, 0.05) is 30.5 Å². The van der Waals surface area contributed by atoms with Gasteiger partial charge in [-0.05, 0) is 67.8 Å². The van der Waals surface area contributed by atoms with E-state index < -0.39 is 23.8 Å². The van der Waals surface area contributed by atoms with E-state index in [0.29, 0.717) is 330 Å². The molecule has 1 atom stereocenters. The highest BCUT2D eigenvalue weighted by molar-refractivity contribution is 5.85. The molecular weight excluding hydrogens is 1420 g/mol. The highest BCUT2D eigenvalue weighted by Gasteiger charge is 2.29. The zero-order chi connectivity index (χ0) is 77.0. The van der Waals surface area contributed by atoms with Crippen LogP contribution in [0.3, 0.4) is 0 Å². The van der Waals surface area contributed by atoms with E-state index in [1.165, 1.54) is 0 Å². The average Bonchev–Trinajstić information content (AvgIpc) is 1.62. The molecule has 34 heteroatoms. The minimum atomic E-state index is -0.843. The normalized spacial score (nSPS) is 12.3. The molecule has 0 radical (unpaired) electrons. The van der Waals surface area contributed by atoms with E-state index in [2.05, 4.69) is 50.2 Å². The van der Waals surface area contributed by atoms with Crippen LogP contribution in [0.4, 0.5) is 9.59 Å². The molecule has 0 saturated heterocycles. The molecule has 3 rings (SSSR count). The van der Waals surface area contributed by atoms with Gasteiger partial charge in [0.1, 0.15) is 18.2 Å². The Kier molecular flexibility index (Phi) is 65.9. The van der Waals surface area contributed by atoms with Crippen molar-refractivity contribution in [3.05, 3.63) is 70.1 Å². The summed E-state index contributed by atoms with van der Waals surface area (Å²) < 4.78 is 138. The van der Waals surface area contributed by atoms with Crippen LogP contribution in [0.2, 0.25) is 0 Å². The van der Waals surface area contributed by atoms with Crippen molar-refractivity contribution in [3.8, 4) is 11.1 Å². The number of azide groups is 1. The quantitative estimate of drug-likeness (QED) is 0.0323. The zero-order valence-corrected chi connectivity index (χ0v) is 64.5. The van der Waals surface area contributed by atoms with E-state index in [1.54, 1.807) is 20.8 Å². The van der Waals surface area contributed by atoms with Crippen LogP contribution < -0.4 is 16.0 Å². The van der Waals surface area contributed by atoms with Gasteiger partial charge in [0.25, 0.3) is 0 Å². The monoisotopic (exact) mass is 1550 g/mol. The molecule has 3 N–H and O–H groups in total. The molecule has 0 unspecified atom stereocenters. The van der Waals surface area contributed by atoms with Gasteiger partial charge in [-0.25, -0.2) is 9.59 Å². The van der Waals surface area contributed by atoms with Gasteiger partial charge >= 0.3 is 12.2 Å². The van der Waals surface area contributed by atoms with E-state index in [-0.39, 0.29) is 31.6 Å². The molecule has 0 saturated carbocycles. The minimum absolute atomic E-state index is 0.0353. The summed E-state index contributed by atoms with van der Waals surface area (Å²) in [5, 5.41) is 11.7. The first-order chi connectivity index (χ1) is 53.2. The Morgan fingerprint density at radius 3 is 0.907 bits per heavy atom. The fraction of sp³-hybridized carbons (Fsp3) is 0.797. The molecule has 622 valence electrons. The lowest BCUT2D eigenvalue weighted by Crippen LogP contribution is -2.48. The molecule has 0 heterocycles. The van der Waals surface area contributed by atoms with Crippen LogP contribution in [0, 0.1) is 0 Å². The Hall–Kier alpha value is -5.16. The van der Waals surface area contributed by atoms with Crippen LogP contribution in [-0.2, 0) is 123 Å². The second-order valence-electron chi connectivity index (χ2n) is 24.3. The van der Waals surface area contributed by atoms with Gasteiger partial charge in [-0.15, -0.1) is 0 Å². The van der Waals surface area contributed by atoms with Crippen LogP contribution in [0.15, 0.2) is 53.6 Å². The first kappa shape index (κ1) is 97.0. The SMILES string of the molecule is CC(C)(C)OC(=O)N[C@@H](CCCCNC(=O)OCC1c2ccccc2-c2ccccc21)C(=O)NCCOCCOCCOCCOCCOCCOCCOCCOCCOCCOCCOCCOCCOCCOCCOCCOCCOCCOCCOCCOCCOCCOCCOCCN=[N+]=[N-]. The van der Waals surface area contributed by atoms with E-state index in [4.69, 9.17) is 124 Å². The van der Waals surface area contributed by atoms with Crippen LogP contribution in [-0.4, -0.2) is 360 Å². The number of nitrogens with one attached hydrogen (secondary N) is 3. The number of carbonyl (C=O) groups is 3. The third-order valence-electron chi connectivity index (χ3n) is 14.7. The largest absolute Gasteiger partial charge is 0.449 e. The van der Waals surface area contributed by atoms with E-state index in [1.807, 2.05) is 24.3 Å². The van der Waals surface area contributed by atoms with Gasteiger partial charge in [-0.3, -0.25) is 4.79 Å². The number of benzene rings is 2. The van der Waals surface area contributed by atoms with E-state index >= 15 is 0 Å². The van der Waals surface area contributed by atoms with Crippen LogP contribution in [0.5, 0.6) is 0 Å². The topological polar surface area (TPSA) is 367 Å². The molecule has 108 heavy (non-hydrogen) atoms. The number of hydrogen-bond donors (Lipinski definition) is 3. The molecule has 1 aliphatic carbocycles. The Bertz CT molecular complexity index is 2400. The zero-order valence-electron chi connectivity index (χ0n) is 64.5. The van der Waals surface area contributed by atoms with Gasteiger partial charge in [-0.1, -0.05) is 53.6 Å². The summed E-state index contributed by atoms with van der Waals surface area (Å²) in [6.45, 7) is 27.1. The highest BCUT2D eigenvalue weighted by Crippen LogP contribution is 2.44. The Morgan fingerprint density at radius 1 is 0.361 bits per heavy atom. The minimum Gasteiger partial charge on any atom is -0.449 e. The van der Waals surface area contributed by atoms with Crippen molar-refractivity contribution in [2.24, 2.45) is 5.11 Å². The summed E-state index contributed by atoms with van der Waals surface area (Å²) >= 11 is 0. The van der Waals surface area contributed by atoms with Gasteiger partial charge in [0.05, 0.1) is 304 Å². The third kappa shape index (κ3) is 59.6. The number of unbranched alkanes of at least 4 members (excludes halogenated alkanes) is 1. The number of rotatable bonds is 81. The number of alkyl carbamates (subject to hydrolysis) is 2. The standard InChI is InChI=1S/C74H128N6O28/c1-74(2,3)108-73(83)79-70(14-8-9-15-77-72(82)107-64-69-67-12-6-4-10-65(67)66-11-5-7-13-68(66)69)71(81)76-16-18-84-20-22-86-24-26-88-28-30-90-32-34-92-36-38-94-40-42-96-44-46-98-48-50-100-52-54-102-56-58-104-60-62-106-63-61-105-59-57-103-55-53-101-51-49-99-47-45-97-43-41-95-39-37-93-35-33-91-31-29-89-27-25-87-23-21-85-19-17-78-80-75/h4-7,10-13,69-70H,8-9,14-64H2,1-3H3,(H,76,81)(H,77,82)(H,79,83)/t70-/m0/s1. The Labute approximate surface area is 638 Å². The number of nitrogens with zero attached hydrogens (tertiary/aromatic N) is 3. The van der Waals surface area contributed by atoms with E-state index in [9.17, 15) is 14.4 Å². The molecule has 1 aliphatic rings. The Morgan fingerprint density at radius 2 is 0.630 bits per heavy atom. The first-order valence-corrected chi connectivity index (χ1v) is 37.8. The van der Waals surface area contributed by atoms with Crippen molar-refractivity contribution in [2.45, 2.75) is 57.6 Å². The molecule has 0 bridgehead atoms. The molecular formula is C74H128N6O28. The molecule has 3 amide bonds. The number of hydrogen-bond acceptors (Lipinski definition) is 29. The number of carbonyl (C=O) groups excluding carboxylic acids is 3. The summed E-state index contributed by atoms with van der Waals surface area (Å²) in [5.41, 5.74) is 12.0. The lowest BCUT2D eigenvalue weighted by molar-refractivity contribution is -0.123. The molecule has 0 fully saturated rings. The Balaban J connectivity index is 0.912. The lowest BCUT2D eigenvalue weighted by Gasteiger charge is -2.23. The number of ether oxygens (including phenoxy) is 25. The molecule has 0 aliphatic heterocycles. The number of amides is 3. The molecule has 2 aromatic carbocycles. The lowest BCUT2D eigenvalue weighted by atomic mass is 9.98. The van der Waals surface area contributed by atoms with Crippen LogP contribution in [0.25, 0.3) is 21.6 Å². The maximum atomic E-state index is 13.1. The number of fused-ring (bicyclic) bond motifs is 3. The van der Waals surface area contributed by atoms with Crippen molar-refractivity contribution in [1.82, 2.24) is 16.0 Å². The van der Waals surface area contributed by atoms with Crippen LogP contribution >= 0.6 is 0 Å². The second-order valence-corrected chi connectivity index (χ2v) is 24.3. The van der Waals surface area contributed by atoms with Crippen molar-refractivity contribution >= 4 is 18.1 Å².